The van der Waals surface area contributed by atoms with E-state index < -0.39 is 0 Å². The van der Waals surface area contributed by atoms with Crippen molar-refractivity contribution in [2.24, 2.45) is 0 Å². The third-order valence-corrected chi connectivity index (χ3v) is 6.11. The van der Waals surface area contributed by atoms with E-state index in [4.69, 9.17) is 21.7 Å². The number of nitrogens with one attached hydrogen (secondary N) is 2. The number of aryl methyl sites for hydroxylation is 2. The Morgan fingerprint density at radius 3 is 2.44 bits per heavy atom. The SMILES string of the molecule is COc1cc(NC(=S)NCCCn2cncc2C)ccc1OCCCN1C(=O)c2ccccc2C1=O. The highest BCUT2D eigenvalue weighted by molar-refractivity contribution is 7.80. The van der Waals surface area contributed by atoms with Gasteiger partial charge in [-0.2, -0.15) is 0 Å². The van der Waals surface area contributed by atoms with E-state index in [1.165, 1.54) is 4.90 Å². The van der Waals surface area contributed by atoms with Crippen molar-refractivity contribution in [1.29, 1.82) is 0 Å². The number of methoxy groups -OCH3 is 1. The van der Waals surface area contributed by atoms with Crippen LogP contribution >= 0.6 is 12.2 Å². The minimum atomic E-state index is -0.259. The molecule has 4 rings (SSSR count). The largest absolute Gasteiger partial charge is 0.493 e. The zero-order valence-corrected chi connectivity index (χ0v) is 21.1. The quantitative estimate of drug-likeness (QED) is 0.231. The number of anilines is 1. The van der Waals surface area contributed by atoms with Crippen molar-refractivity contribution in [2.45, 2.75) is 26.3 Å². The average molecular weight is 508 g/mol. The lowest BCUT2D eigenvalue weighted by Crippen LogP contribution is -2.31. The zero-order chi connectivity index (χ0) is 25.5. The van der Waals surface area contributed by atoms with Crippen molar-refractivity contribution in [3.8, 4) is 11.5 Å². The predicted molar refractivity (Wildman–Crippen MR) is 141 cm³/mol. The van der Waals surface area contributed by atoms with Crippen LogP contribution in [0.5, 0.6) is 11.5 Å². The number of fused-ring (bicyclic) bond motifs is 1. The number of carbonyl (C=O) groups excluding carboxylic acids is 2. The fraction of sp³-hybridized carbons (Fsp3) is 0.308. The summed E-state index contributed by atoms with van der Waals surface area (Å²) in [5.41, 5.74) is 2.81. The highest BCUT2D eigenvalue weighted by Gasteiger charge is 2.34. The lowest BCUT2D eigenvalue weighted by atomic mass is 10.1. The van der Waals surface area contributed by atoms with Gasteiger partial charge in [-0.1, -0.05) is 12.1 Å². The average Bonchev–Trinajstić information content (AvgIpc) is 3.40. The van der Waals surface area contributed by atoms with Crippen LogP contribution in [0, 0.1) is 6.92 Å². The number of imide groups is 1. The van der Waals surface area contributed by atoms with E-state index in [0.29, 0.717) is 40.8 Å². The lowest BCUT2D eigenvalue weighted by molar-refractivity contribution is 0.0646. The van der Waals surface area contributed by atoms with Crippen molar-refractivity contribution >= 4 is 34.8 Å². The summed E-state index contributed by atoms with van der Waals surface area (Å²) in [6.07, 6.45) is 5.08. The smallest absolute Gasteiger partial charge is 0.261 e. The molecule has 2 aromatic carbocycles. The van der Waals surface area contributed by atoms with Crippen molar-refractivity contribution in [2.75, 3.05) is 32.1 Å². The van der Waals surface area contributed by atoms with Gasteiger partial charge in [-0.05, 0) is 56.2 Å². The molecule has 9 nitrogen and oxygen atoms in total. The number of ether oxygens (including phenoxy) is 2. The van der Waals surface area contributed by atoms with Crippen LogP contribution in [0.25, 0.3) is 0 Å². The van der Waals surface area contributed by atoms with Gasteiger partial charge in [0.15, 0.2) is 16.6 Å². The first-order chi connectivity index (χ1) is 17.5. The Morgan fingerprint density at radius 2 is 1.78 bits per heavy atom. The molecule has 2 amide bonds. The molecule has 0 atom stereocenters. The van der Waals surface area contributed by atoms with Crippen LogP contribution in [0.4, 0.5) is 5.69 Å². The van der Waals surface area contributed by atoms with E-state index in [0.717, 1.165) is 30.9 Å². The number of hydrogen-bond donors (Lipinski definition) is 2. The molecule has 1 aliphatic heterocycles. The molecule has 2 heterocycles. The van der Waals surface area contributed by atoms with Crippen LogP contribution in [-0.2, 0) is 6.54 Å². The molecule has 36 heavy (non-hydrogen) atoms. The molecule has 0 spiro atoms. The van der Waals surface area contributed by atoms with Gasteiger partial charge in [0.25, 0.3) is 11.8 Å². The summed E-state index contributed by atoms with van der Waals surface area (Å²) < 4.78 is 13.4. The normalized spacial score (nSPS) is 12.4. The summed E-state index contributed by atoms with van der Waals surface area (Å²) in [5, 5.41) is 6.88. The Kier molecular flexibility index (Phi) is 8.17. The fourth-order valence-corrected chi connectivity index (χ4v) is 4.18. The standard InChI is InChI=1S/C26H29N5O4S/c1-18-16-27-17-30(18)12-5-11-28-26(36)29-19-9-10-22(23(15-19)34-2)35-14-6-13-31-24(32)20-7-3-4-8-21(20)25(31)33/h3-4,7-10,15-17H,5-6,11-14H2,1-2H3,(H2,28,29,36). The predicted octanol–water partition coefficient (Wildman–Crippen LogP) is 3.64. The van der Waals surface area contributed by atoms with E-state index in [1.807, 2.05) is 31.6 Å². The summed E-state index contributed by atoms with van der Waals surface area (Å²) in [6.45, 7) is 4.24. The van der Waals surface area contributed by atoms with Gasteiger partial charge in [0, 0.05) is 43.3 Å². The van der Waals surface area contributed by atoms with Gasteiger partial charge in [-0.15, -0.1) is 0 Å². The van der Waals surface area contributed by atoms with Crippen LogP contribution in [-0.4, -0.2) is 58.2 Å². The van der Waals surface area contributed by atoms with E-state index in [-0.39, 0.29) is 18.4 Å². The molecule has 10 heteroatoms. The molecule has 0 aliphatic carbocycles. The van der Waals surface area contributed by atoms with Crippen molar-refractivity contribution < 1.29 is 19.1 Å². The topological polar surface area (TPSA) is 97.7 Å². The number of thiocarbonyl (C=S) groups is 1. The molecule has 2 N–H and O–H groups in total. The van der Waals surface area contributed by atoms with Crippen molar-refractivity contribution in [3.05, 3.63) is 71.8 Å². The highest BCUT2D eigenvalue weighted by Crippen LogP contribution is 2.30. The lowest BCUT2D eigenvalue weighted by Gasteiger charge is -2.16. The maximum Gasteiger partial charge on any atom is 0.261 e. The van der Waals surface area contributed by atoms with Crippen LogP contribution in [0.15, 0.2) is 55.0 Å². The maximum atomic E-state index is 12.5. The van der Waals surface area contributed by atoms with Gasteiger partial charge >= 0.3 is 0 Å². The Morgan fingerprint density at radius 1 is 1.03 bits per heavy atom. The second-order valence-corrected chi connectivity index (χ2v) is 8.75. The summed E-state index contributed by atoms with van der Waals surface area (Å²) in [6, 6.07) is 12.3. The van der Waals surface area contributed by atoms with Crippen LogP contribution in [0.3, 0.4) is 0 Å². The van der Waals surface area contributed by atoms with E-state index in [9.17, 15) is 9.59 Å². The molecule has 0 saturated heterocycles. The van der Waals surface area contributed by atoms with Gasteiger partial charge in [0.1, 0.15) is 0 Å². The van der Waals surface area contributed by atoms with Gasteiger partial charge in [-0.25, -0.2) is 4.98 Å². The van der Waals surface area contributed by atoms with Crippen molar-refractivity contribution in [1.82, 2.24) is 19.8 Å². The molecule has 188 valence electrons. The first kappa shape index (κ1) is 25.2. The van der Waals surface area contributed by atoms with Crippen LogP contribution in [0.2, 0.25) is 0 Å². The Hall–Kier alpha value is -3.92. The minimum Gasteiger partial charge on any atom is -0.493 e. The molecule has 3 aromatic rings. The Balaban J connectivity index is 1.21. The number of imidazole rings is 1. The molecule has 0 fully saturated rings. The first-order valence-electron chi connectivity index (χ1n) is 11.8. The molecule has 1 aromatic heterocycles. The number of amides is 2. The molecule has 1 aliphatic rings. The van der Waals surface area contributed by atoms with E-state index >= 15 is 0 Å². The summed E-state index contributed by atoms with van der Waals surface area (Å²) in [7, 11) is 1.57. The maximum absolute atomic E-state index is 12.5. The fourth-order valence-electron chi connectivity index (χ4n) is 3.96. The van der Waals surface area contributed by atoms with E-state index in [2.05, 4.69) is 20.2 Å². The van der Waals surface area contributed by atoms with Gasteiger partial charge < -0.3 is 24.7 Å². The second-order valence-electron chi connectivity index (χ2n) is 8.34. The number of nitrogens with zero attached hydrogens (tertiary/aromatic N) is 3. The third-order valence-electron chi connectivity index (χ3n) is 5.87. The third kappa shape index (κ3) is 5.83. The summed E-state index contributed by atoms with van der Waals surface area (Å²) in [4.78, 5) is 30.3. The van der Waals surface area contributed by atoms with Gasteiger partial charge in [-0.3, -0.25) is 14.5 Å². The molecular formula is C26H29N5O4S. The number of carbonyl (C=O) groups is 2. The summed E-state index contributed by atoms with van der Waals surface area (Å²) in [5.74, 6) is 0.606. The zero-order valence-electron chi connectivity index (χ0n) is 20.3. The van der Waals surface area contributed by atoms with Crippen LogP contribution < -0.4 is 20.1 Å². The van der Waals surface area contributed by atoms with E-state index in [1.54, 1.807) is 37.4 Å². The molecular weight excluding hydrogens is 478 g/mol. The number of rotatable bonds is 11. The van der Waals surface area contributed by atoms with Crippen LogP contribution in [0.1, 0.15) is 39.3 Å². The van der Waals surface area contributed by atoms with Gasteiger partial charge in [0.2, 0.25) is 0 Å². The van der Waals surface area contributed by atoms with Crippen molar-refractivity contribution in [3.63, 3.8) is 0 Å². The Labute approximate surface area is 215 Å². The molecule has 0 unspecified atom stereocenters. The number of aromatic nitrogens is 2. The molecule has 0 saturated carbocycles. The Bertz CT molecular complexity index is 1220. The number of hydrogen-bond acceptors (Lipinski definition) is 6. The minimum absolute atomic E-state index is 0.259. The first-order valence-corrected chi connectivity index (χ1v) is 12.2. The summed E-state index contributed by atoms with van der Waals surface area (Å²) >= 11 is 5.40. The number of benzene rings is 2. The van der Waals surface area contributed by atoms with Gasteiger partial charge in [0.05, 0.1) is 31.2 Å². The second kappa shape index (κ2) is 11.7. The highest BCUT2D eigenvalue weighted by atomic mass is 32.1. The monoisotopic (exact) mass is 507 g/mol. The molecule has 0 bridgehead atoms. The molecule has 0 radical (unpaired) electrons.